The fourth-order valence-electron chi connectivity index (χ4n) is 3.70. The maximum absolute atomic E-state index is 13.1. The van der Waals surface area contributed by atoms with Crippen LogP contribution in [-0.4, -0.2) is 34.5 Å². The van der Waals surface area contributed by atoms with E-state index in [-0.39, 0.29) is 11.6 Å². The van der Waals surface area contributed by atoms with Crippen LogP contribution in [0.2, 0.25) is 0 Å². The summed E-state index contributed by atoms with van der Waals surface area (Å²) in [6.07, 6.45) is 4.25. The minimum absolute atomic E-state index is 0.246. The highest BCUT2D eigenvalue weighted by atomic mass is 32.1. The molecule has 2 heterocycles. The molecule has 8 heteroatoms. The average molecular weight is 395 g/mol. The summed E-state index contributed by atoms with van der Waals surface area (Å²) in [5.74, 6) is 0.897. The van der Waals surface area contributed by atoms with Crippen molar-refractivity contribution in [3.63, 3.8) is 0 Å². The van der Waals surface area contributed by atoms with Crippen molar-refractivity contribution < 1.29 is 4.79 Å². The van der Waals surface area contributed by atoms with Crippen molar-refractivity contribution in [2.24, 2.45) is 5.73 Å². The molecule has 2 fully saturated rings. The number of carbonyl (C=O) groups is 1. The van der Waals surface area contributed by atoms with Crippen LogP contribution in [0.1, 0.15) is 58.4 Å². The van der Waals surface area contributed by atoms with Crippen LogP contribution >= 0.6 is 11.3 Å². The van der Waals surface area contributed by atoms with Crippen molar-refractivity contribution in [1.29, 1.82) is 0 Å². The molecule has 2 aliphatic carbocycles. The van der Waals surface area contributed by atoms with Crippen molar-refractivity contribution in [2.45, 2.75) is 37.5 Å². The lowest BCUT2D eigenvalue weighted by Gasteiger charge is -2.17. The normalized spacial score (nSPS) is 16.5. The third-order valence-electron chi connectivity index (χ3n) is 5.36. The lowest BCUT2D eigenvalue weighted by molar-refractivity contribution is 0.0999. The zero-order valence-corrected chi connectivity index (χ0v) is 16.6. The van der Waals surface area contributed by atoms with E-state index < -0.39 is 5.91 Å². The van der Waals surface area contributed by atoms with Crippen LogP contribution in [0.4, 0.5) is 5.82 Å². The van der Waals surface area contributed by atoms with Gasteiger partial charge < -0.3 is 10.6 Å². The fourth-order valence-corrected chi connectivity index (χ4v) is 4.99. The molecule has 0 unspecified atom stereocenters. The Labute approximate surface area is 165 Å². The first-order valence-corrected chi connectivity index (χ1v) is 10.3. The third kappa shape index (κ3) is 2.71. The van der Waals surface area contributed by atoms with E-state index in [4.69, 9.17) is 10.7 Å². The number of nitrogens with two attached hydrogens (primary N) is 1. The number of aromatic nitrogens is 3. The van der Waals surface area contributed by atoms with Crippen LogP contribution < -0.4 is 16.3 Å². The maximum atomic E-state index is 13.1. The molecular weight excluding hydrogens is 374 g/mol. The molecule has 0 spiro atoms. The summed E-state index contributed by atoms with van der Waals surface area (Å²) in [7, 11) is 3.76. The number of benzene rings is 1. The van der Waals surface area contributed by atoms with Crippen LogP contribution in [0.15, 0.2) is 23.0 Å². The zero-order valence-electron chi connectivity index (χ0n) is 15.8. The van der Waals surface area contributed by atoms with E-state index in [2.05, 4.69) is 4.98 Å². The summed E-state index contributed by atoms with van der Waals surface area (Å²) >= 11 is 1.61. The first-order valence-electron chi connectivity index (χ1n) is 9.49. The minimum atomic E-state index is -0.470. The van der Waals surface area contributed by atoms with Crippen LogP contribution in [-0.2, 0) is 0 Å². The number of thiazole rings is 1. The van der Waals surface area contributed by atoms with Crippen molar-refractivity contribution in [2.75, 3.05) is 19.0 Å². The van der Waals surface area contributed by atoms with Crippen molar-refractivity contribution in [1.82, 2.24) is 14.5 Å². The molecule has 2 aliphatic rings. The Morgan fingerprint density at radius 2 is 1.89 bits per heavy atom. The second kappa shape index (κ2) is 6.13. The van der Waals surface area contributed by atoms with Crippen molar-refractivity contribution in [3.05, 3.63) is 44.8 Å². The van der Waals surface area contributed by atoms with E-state index >= 15 is 0 Å². The molecule has 0 atom stereocenters. The summed E-state index contributed by atoms with van der Waals surface area (Å²) in [6.45, 7) is 0. The van der Waals surface area contributed by atoms with Gasteiger partial charge in [0.1, 0.15) is 4.70 Å². The standard InChI is InChI=1S/C20H21N5O2S/c1-24(2)17-15-18(22-19(28-15)11-8-9-11)25(20(27)23-17)13-5-3-4-12(16(21)26)14(13)10-6-7-10/h3-5,10-11H,6-9H2,1-2H3,(H2,21,26). The molecule has 28 heavy (non-hydrogen) atoms. The Bertz CT molecular complexity index is 1170. The summed E-state index contributed by atoms with van der Waals surface area (Å²) in [4.78, 5) is 36.2. The van der Waals surface area contributed by atoms with E-state index in [0.717, 1.165) is 41.0 Å². The maximum Gasteiger partial charge on any atom is 0.355 e. The molecule has 144 valence electrons. The highest BCUT2D eigenvalue weighted by molar-refractivity contribution is 7.19. The second-order valence-corrected chi connectivity index (χ2v) is 8.83. The lowest BCUT2D eigenvalue weighted by Crippen LogP contribution is -2.27. The van der Waals surface area contributed by atoms with Gasteiger partial charge in [-0.25, -0.2) is 14.3 Å². The monoisotopic (exact) mass is 395 g/mol. The highest BCUT2D eigenvalue weighted by Crippen LogP contribution is 2.46. The summed E-state index contributed by atoms with van der Waals surface area (Å²) in [5.41, 5.74) is 7.88. The largest absolute Gasteiger partial charge is 0.366 e. The molecule has 1 amide bonds. The number of amides is 1. The van der Waals surface area contributed by atoms with Gasteiger partial charge in [-0.3, -0.25) is 4.79 Å². The van der Waals surface area contributed by atoms with E-state index in [9.17, 15) is 9.59 Å². The van der Waals surface area contributed by atoms with Gasteiger partial charge in [0.05, 0.1) is 10.7 Å². The molecule has 2 aromatic heterocycles. The molecule has 0 bridgehead atoms. The lowest BCUT2D eigenvalue weighted by atomic mass is 10.00. The fraction of sp³-hybridized carbons (Fsp3) is 0.400. The molecule has 0 aliphatic heterocycles. The Hall–Kier alpha value is -2.74. The Morgan fingerprint density at radius 3 is 2.50 bits per heavy atom. The van der Waals surface area contributed by atoms with Gasteiger partial charge in [-0.15, -0.1) is 11.3 Å². The SMILES string of the molecule is CN(C)c1nc(=O)n(-c2cccc(C(N)=O)c2C2CC2)c2nc(C3CC3)sc12. The zero-order chi connectivity index (χ0) is 19.6. The molecule has 0 saturated heterocycles. The van der Waals surface area contributed by atoms with Crippen molar-refractivity contribution >= 4 is 33.4 Å². The first kappa shape index (κ1) is 17.4. The molecule has 0 radical (unpaired) electrons. The molecule has 2 N–H and O–H groups in total. The number of nitrogens with zero attached hydrogens (tertiary/aromatic N) is 4. The van der Waals surface area contributed by atoms with Gasteiger partial charge >= 0.3 is 5.69 Å². The minimum Gasteiger partial charge on any atom is -0.366 e. The highest BCUT2D eigenvalue weighted by Gasteiger charge is 2.33. The van der Waals surface area contributed by atoms with Crippen molar-refractivity contribution in [3.8, 4) is 5.69 Å². The molecule has 2 saturated carbocycles. The summed E-state index contributed by atoms with van der Waals surface area (Å²) < 4.78 is 2.47. The van der Waals surface area contributed by atoms with Gasteiger partial charge in [-0.1, -0.05) is 6.07 Å². The van der Waals surface area contributed by atoms with Gasteiger partial charge in [0, 0.05) is 25.6 Å². The van der Waals surface area contributed by atoms with Gasteiger partial charge in [0.2, 0.25) is 5.91 Å². The molecule has 7 nitrogen and oxygen atoms in total. The topological polar surface area (TPSA) is 94.1 Å². The summed E-state index contributed by atoms with van der Waals surface area (Å²) in [6, 6.07) is 5.38. The first-order chi connectivity index (χ1) is 13.5. The van der Waals surface area contributed by atoms with Crippen LogP contribution in [0, 0.1) is 0 Å². The quantitative estimate of drug-likeness (QED) is 0.717. The number of primary amides is 1. The van der Waals surface area contributed by atoms with Gasteiger partial charge in [-0.05, 0) is 49.3 Å². The Balaban J connectivity index is 1.84. The second-order valence-electron chi connectivity index (χ2n) is 7.80. The van der Waals surface area contributed by atoms with E-state index in [1.807, 2.05) is 25.1 Å². The number of hydrogen-bond acceptors (Lipinski definition) is 6. The molecule has 3 aromatic rings. The van der Waals surface area contributed by atoms with Gasteiger partial charge in [0.25, 0.3) is 0 Å². The van der Waals surface area contributed by atoms with E-state index in [1.54, 1.807) is 28.0 Å². The molecule has 1 aromatic carbocycles. The van der Waals surface area contributed by atoms with Crippen LogP contribution in [0.3, 0.4) is 0 Å². The van der Waals surface area contributed by atoms with Gasteiger partial charge in [-0.2, -0.15) is 4.98 Å². The van der Waals surface area contributed by atoms with Crippen LogP contribution in [0.25, 0.3) is 16.0 Å². The number of hydrogen-bond donors (Lipinski definition) is 1. The number of carbonyl (C=O) groups excluding carboxylic acids is 1. The smallest absolute Gasteiger partial charge is 0.355 e. The Kier molecular flexibility index (Phi) is 3.80. The van der Waals surface area contributed by atoms with E-state index in [1.165, 1.54) is 0 Å². The predicted molar refractivity (Wildman–Crippen MR) is 110 cm³/mol. The van der Waals surface area contributed by atoms with Gasteiger partial charge in [0.15, 0.2) is 11.5 Å². The number of rotatable bonds is 5. The molecular formula is C20H21N5O2S. The molecule has 5 rings (SSSR count). The number of anilines is 1. The summed E-state index contributed by atoms with van der Waals surface area (Å²) in [5, 5.41) is 1.05. The average Bonchev–Trinajstić information content (AvgIpc) is 3.57. The predicted octanol–water partition coefficient (Wildman–Crippen LogP) is 2.76. The third-order valence-corrected chi connectivity index (χ3v) is 6.56. The van der Waals surface area contributed by atoms with E-state index in [0.29, 0.717) is 28.6 Å². The van der Waals surface area contributed by atoms with Crippen LogP contribution in [0.5, 0.6) is 0 Å². The Morgan fingerprint density at radius 1 is 1.18 bits per heavy atom. The number of fused-ring (bicyclic) bond motifs is 1.